The summed E-state index contributed by atoms with van der Waals surface area (Å²) < 4.78 is 0. The molecule has 0 bridgehead atoms. The summed E-state index contributed by atoms with van der Waals surface area (Å²) in [4.78, 5) is 27.1. The van der Waals surface area contributed by atoms with Crippen LogP contribution >= 0.6 is 0 Å². The summed E-state index contributed by atoms with van der Waals surface area (Å²) in [7, 11) is 0. The highest BCUT2D eigenvalue weighted by Crippen LogP contribution is 2.33. The Morgan fingerprint density at radius 3 is 2.62 bits per heavy atom. The summed E-state index contributed by atoms with van der Waals surface area (Å²) in [6, 6.07) is 15.7. The summed E-state index contributed by atoms with van der Waals surface area (Å²) in [6.07, 6.45) is 1.27. The zero-order valence-electron chi connectivity index (χ0n) is 15.7. The van der Waals surface area contributed by atoms with E-state index in [0.29, 0.717) is 12.5 Å². The zero-order chi connectivity index (χ0) is 18.7. The molecule has 0 aliphatic carbocycles. The summed E-state index contributed by atoms with van der Waals surface area (Å²) in [5, 5.41) is 2.98. The van der Waals surface area contributed by atoms with Crippen LogP contribution in [-0.2, 0) is 9.59 Å². The molecule has 0 radical (unpaired) electrons. The number of carbonyl (C=O) groups is 2. The zero-order valence-corrected chi connectivity index (χ0v) is 15.7. The molecule has 0 saturated carbocycles. The van der Waals surface area contributed by atoms with Gasteiger partial charge in [-0.05, 0) is 42.5 Å². The Morgan fingerprint density at radius 1 is 1.19 bits per heavy atom. The van der Waals surface area contributed by atoms with Crippen molar-refractivity contribution in [3.8, 4) is 0 Å². The number of anilines is 2. The van der Waals surface area contributed by atoms with Crippen LogP contribution in [0.15, 0.2) is 48.5 Å². The van der Waals surface area contributed by atoms with Gasteiger partial charge in [-0.25, -0.2) is 0 Å². The summed E-state index contributed by atoms with van der Waals surface area (Å²) in [6.45, 7) is 6.71. The first-order valence-corrected chi connectivity index (χ1v) is 9.27. The maximum atomic E-state index is 12.7. The molecule has 3 rings (SSSR count). The molecule has 136 valence electrons. The fourth-order valence-corrected chi connectivity index (χ4v) is 3.43. The minimum Gasteiger partial charge on any atom is -0.326 e. The highest BCUT2D eigenvalue weighted by atomic mass is 16.2. The molecule has 4 nitrogen and oxygen atoms in total. The van der Waals surface area contributed by atoms with E-state index in [-0.39, 0.29) is 24.2 Å². The predicted octanol–water partition coefficient (Wildman–Crippen LogP) is 4.50. The van der Waals surface area contributed by atoms with E-state index in [2.05, 4.69) is 25.2 Å². The number of para-hydroxylation sites is 2. The fourth-order valence-electron chi connectivity index (χ4n) is 3.43. The van der Waals surface area contributed by atoms with Gasteiger partial charge in [0, 0.05) is 24.3 Å². The van der Waals surface area contributed by atoms with Crippen LogP contribution in [0.2, 0.25) is 0 Å². The third-order valence-corrected chi connectivity index (χ3v) is 5.27. The Kier molecular flexibility index (Phi) is 5.40. The number of benzene rings is 2. The van der Waals surface area contributed by atoms with Gasteiger partial charge in [-0.2, -0.15) is 0 Å². The van der Waals surface area contributed by atoms with Gasteiger partial charge in [0.15, 0.2) is 0 Å². The van der Waals surface area contributed by atoms with Gasteiger partial charge in [0.2, 0.25) is 11.8 Å². The molecule has 2 aromatic carbocycles. The topological polar surface area (TPSA) is 49.4 Å². The van der Waals surface area contributed by atoms with Crippen LogP contribution in [0.5, 0.6) is 0 Å². The molecule has 1 N–H and O–H groups in total. The van der Waals surface area contributed by atoms with Gasteiger partial charge < -0.3 is 10.2 Å². The lowest BCUT2D eigenvalue weighted by Crippen LogP contribution is -2.29. The summed E-state index contributed by atoms with van der Waals surface area (Å²) in [5.74, 6) is -0.0206. The van der Waals surface area contributed by atoms with Gasteiger partial charge in [0.25, 0.3) is 0 Å². The van der Waals surface area contributed by atoms with Crippen molar-refractivity contribution in [2.45, 2.75) is 39.5 Å². The van der Waals surface area contributed by atoms with Crippen LogP contribution in [0.3, 0.4) is 0 Å². The molecule has 1 aliphatic rings. The van der Waals surface area contributed by atoms with Gasteiger partial charge in [-0.3, -0.25) is 9.59 Å². The van der Waals surface area contributed by atoms with E-state index in [4.69, 9.17) is 0 Å². The standard InChI is InChI=1S/C22H26N2O2/c1-4-15(2)18-10-6-8-12-20(18)24-14-17(13-21(24)25)22(26)23-19-11-7-5-9-16(19)3/h5-12,15,17H,4,13-14H2,1-3H3,(H,23,26). The number of carbonyl (C=O) groups excluding carboxylic acids is 2. The van der Waals surface area contributed by atoms with E-state index in [1.165, 1.54) is 5.56 Å². The minimum absolute atomic E-state index is 0.0192. The smallest absolute Gasteiger partial charge is 0.229 e. The van der Waals surface area contributed by atoms with E-state index >= 15 is 0 Å². The number of nitrogens with zero attached hydrogens (tertiary/aromatic N) is 1. The van der Waals surface area contributed by atoms with Crippen molar-refractivity contribution in [2.24, 2.45) is 5.92 Å². The monoisotopic (exact) mass is 350 g/mol. The third-order valence-electron chi connectivity index (χ3n) is 5.27. The quantitative estimate of drug-likeness (QED) is 0.863. The van der Waals surface area contributed by atoms with Crippen LogP contribution in [0, 0.1) is 12.8 Å². The fraction of sp³-hybridized carbons (Fsp3) is 0.364. The average molecular weight is 350 g/mol. The Morgan fingerprint density at radius 2 is 1.88 bits per heavy atom. The molecule has 26 heavy (non-hydrogen) atoms. The van der Waals surface area contributed by atoms with Gasteiger partial charge in [-0.1, -0.05) is 50.2 Å². The lowest BCUT2D eigenvalue weighted by Gasteiger charge is -2.23. The lowest BCUT2D eigenvalue weighted by molar-refractivity contribution is -0.122. The normalized spacial score (nSPS) is 18.0. The number of hydrogen-bond donors (Lipinski definition) is 1. The Hall–Kier alpha value is -2.62. The molecule has 0 spiro atoms. The van der Waals surface area contributed by atoms with Gasteiger partial charge in [-0.15, -0.1) is 0 Å². The van der Waals surface area contributed by atoms with Crippen molar-refractivity contribution in [3.63, 3.8) is 0 Å². The van der Waals surface area contributed by atoms with Gasteiger partial charge in [0.05, 0.1) is 5.92 Å². The molecular formula is C22H26N2O2. The van der Waals surface area contributed by atoms with Crippen LogP contribution in [-0.4, -0.2) is 18.4 Å². The maximum absolute atomic E-state index is 12.7. The molecule has 1 aliphatic heterocycles. The Bertz CT molecular complexity index is 815. The third kappa shape index (κ3) is 3.64. The number of hydrogen-bond acceptors (Lipinski definition) is 2. The first kappa shape index (κ1) is 18.2. The van der Waals surface area contributed by atoms with Crippen molar-refractivity contribution in [2.75, 3.05) is 16.8 Å². The molecule has 1 saturated heterocycles. The van der Waals surface area contributed by atoms with Crippen LogP contribution in [0.25, 0.3) is 0 Å². The second kappa shape index (κ2) is 7.73. The molecule has 1 fully saturated rings. The summed E-state index contributed by atoms with van der Waals surface area (Å²) in [5.41, 5.74) is 3.94. The molecule has 2 aromatic rings. The number of nitrogens with one attached hydrogen (secondary N) is 1. The van der Waals surface area contributed by atoms with Gasteiger partial charge in [0.1, 0.15) is 0 Å². The lowest BCUT2D eigenvalue weighted by atomic mass is 9.96. The van der Waals surface area contributed by atoms with Gasteiger partial charge >= 0.3 is 0 Å². The van der Waals surface area contributed by atoms with Crippen molar-refractivity contribution in [1.29, 1.82) is 0 Å². The van der Waals surface area contributed by atoms with Crippen LogP contribution in [0.1, 0.15) is 43.7 Å². The molecule has 2 atom stereocenters. The minimum atomic E-state index is -0.327. The second-order valence-corrected chi connectivity index (χ2v) is 7.08. The van der Waals surface area contributed by atoms with E-state index in [1.54, 1.807) is 4.90 Å². The maximum Gasteiger partial charge on any atom is 0.229 e. The van der Waals surface area contributed by atoms with Crippen molar-refractivity contribution in [1.82, 2.24) is 0 Å². The first-order chi connectivity index (χ1) is 12.5. The summed E-state index contributed by atoms with van der Waals surface area (Å²) >= 11 is 0. The van der Waals surface area contributed by atoms with E-state index in [0.717, 1.165) is 23.4 Å². The molecule has 1 heterocycles. The highest BCUT2D eigenvalue weighted by molar-refractivity contribution is 6.04. The van der Waals surface area contributed by atoms with E-state index in [1.807, 2.05) is 49.4 Å². The van der Waals surface area contributed by atoms with Crippen molar-refractivity contribution in [3.05, 3.63) is 59.7 Å². The molecule has 2 unspecified atom stereocenters. The van der Waals surface area contributed by atoms with E-state index < -0.39 is 0 Å². The molecular weight excluding hydrogens is 324 g/mol. The second-order valence-electron chi connectivity index (χ2n) is 7.08. The largest absolute Gasteiger partial charge is 0.326 e. The van der Waals surface area contributed by atoms with Crippen LogP contribution < -0.4 is 10.2 Å². The average Bonchev–Trinajstić information content (AvgIpc) is 3.04. The van der Waals surface area contributed by atoms with E-state index in [9.17, 15) is 9.59 Å². The molecule has 4 heteroatoms. The predicted molar refractivity (Wildman–Crippen MR) is 105 cm³/mol. The van der Waals surface area contributed by atoms with Crippen molar-refractivity contribution < 1.29 is 9.59 Å². The first-order valence-electron chi connectivity index (χ1n) is 9.27. The number of aryl methyl sites for hydroxylation is 1. The highest BCUT2D eigenvalue weighted by Gasteiger charge is 2.36. The van der Waals surface area contributed by atoms with Crippen LogP contribution in [0.4, 0.5) is 11.4 Å². The molecule has 2 amide bonds. The Labute approximate surface area is 155 Å². The SMILES string of the molecule is CCC(C)c1ccccc1N1CC(C(=O)Nc2ccccc2C)CC1=O. The number of rotatable bonds is 5. The Balaban J connectivity index is 1.77. The molecule has 0 aromatic heterocycles. The number of amides is 2. The van der Waals surface area contributed by atoms with Crippen molar-refractivity contribution >= 4 is 23.2 Å².